The Kier molecular flexibility index (Phi) is 9.17. The average molecular weight is 359 g/mol. The first kappa shape index (κ1) is 19.9. The van der Waals surface area contributed by atoms with Gasteiger partial charge in [-0.05, 0) is 52.4 Å². The molecule has 23 heavy (non-hydrogen) atoms. The van der Waals surface area contributed by atoms with Gasteiger partial charge < -0.3 is 0 Å². The lowest BCUT2D eigenvalue weighted by molar-refractivity contribution is 0.281. The first-order chi connectivity index (χ1) is 11.2. The van der Waals surface area contributed by atoms with Gasteiger partial charge in [0.15, 0.2) is 0 Å². The summed E-state index contributed by atoms with van der Waals surface area (Å²) in [6.07, 6.45) is 14.0. The molecular formula is C19H38N2S2. The van der Waals surface area contributed by atoms with Crippen molar-refractivity contribution in [3.05, 3.63) is 0 Å². The minimum absolute atomic E-state index is 0.715. The van der Waals surface area contributed by atoms with E-state index >= 15 is 0 Å². The minimum Gasteiger partial charge on any atom is -0.244 e. The first-order valence-electron chi connectivity index (χ1n) is 9.99. The third-order valence-electron chi connectivity index (χ3n) is 5.82. The van der Waals surface area contributed by atoms with Crippen LogP contribution in [0.25, 0.3) is 0 Å². The molecular weight excluding hydrogens is 320 g/mol. The fourth-order valence-electron chi connectivity index (χ4n) is 4.01. The summed E-state index contributed by atoms with van der Waals surface area (Å²) in [4.78, 5) is 0. The van der Waals surface area contributed by atoms with E-state index in [2.05, 4.69) is 60.2 Å². The summed E-state index contributed by atoms with van der Waals surface area (Å²) >= 11 is 4.24. The van der Waals surface area contributed by atoms with E-state index in [-0.39, 0.29) is 0 Å². The molecule has 136 valence electrons. The van der Waals surface area contributed by atoms with Crippen LogP contribution in [-0.4, -0.2) is 37.9 Å². The smallest absolute Gasteiger partial charge is 0.0687 e. The first-order valence-corrected chi connectivity index (χ1v) is 11.9. The maximum absolute atomic E-state index is 2.75. The van der Waals surface area contributed by atoms with Gasteiger partial charge >= 0.3 is 0 Å². The van der Waals surface area contributed by atoms with Crippen molar-refractivity contribution in [3.8, 4) is 0 Å². The number of hydrogen-bond donors (Lipinski definition) is 0. The third-order valence-corrected chi connectivity index (χ3v) is 8.58. The third kappa shape index (κ3) is 5.83. The molecule has 0 amide bonds. The molecule has 0 aromatic carbocycles. The average Bonchev–Trinajstić information content (AvgIpc) is 3.27. The van der Waals surface area contributed by atoms with Crippen LogP contribution in [0, 0.1) is 0 Å². The van der Waals surface area contributed by atoms with Gasteiger partial charge in [-0.25, -0.2) is 8.61 Å². The second kappa shape index (κ2) is 10.6. The van der Waals surface area contributed by atoms with Crippen LogP contribution in [0.1, 0.15) is 91.9 Å². The molecule has 2 nitrogen and oxygen atoms in total. The van der Waals surface area contributed by atoms with E-state index in [0.29, 0.717) is 12.1 Å². The Balaban J connectivity index is 1.85. The van der Waals surface area contributed by atoms with Gasteiger partial charge in [0.2, 0.25) is 0 Å². The van der Waals surface area contributed by atoms with E-state index in [0.717, 1.165) is 12.1 Å². The number of nitrogens with zero attached hydrogens (tertiary/aromatic N) is 2. The highest BCUT2D eigenvalue weighted by molar-refractivity contribution is 8.13. The highest BCUT2D eigenvalue weighted by Crippen LogP contribution is 2.36. The molecule has 0 aromatic rings. The SMILES string of the molecule is CCC(C)N(SCSN(C(C)CC)C1CCCC1)C1CCCC1. The molecule has 2 fully saturated rings. The molecule has 4 heteroatoms. The Morgan fingerprint density at radius 3 is 1.39 bits per heavy atom. The van der Waals surface area contributed by atoms with Gasteiger partial charge in [0.1, 0.15) is 0 Å². The van der Waals surface area contributed by atoms with E-state index in [4.69, 9.17) is 0 Å². The Labute approximate surface area is 153 Å². The van der Waals surface area contributed by atoms with Gasteiger partial charge in [-0.15, -0.1) is 0 Å². The largest absolute Gasteiger partial charge is 0.244 e. The normalized spacial score (nSPS) is 23.2. The van der Waals surface area contributed by atoms with Crippen LogP contribution in [0.3, 0.4) is 0 Å². The van der Waals surface area contributed by atoms with Crippen molar-refractivity contribution in [3.63, 3.8) is 0 Å². The van der Waals surface area contributed by atoms with Gasteiger partial charge in [0, 0.05) is 24.2 Å². The lowest BCUT2D eigenvalue weighted by Crippen LogP contribution is -2.36. The Hall–Kier alpha value is 0.620. The molecule has 0 radical (unpaired) electrons. The topological polar surface area (TPSA) is 6.48 Å². The van der Waals surface area contributed by atoms with E-state index in [1.54, 1.807) is 0 Å². The lowest BCUT2D eigenvalue weighted by Gasteiger charge is -2.36. The van der Waals surface area contributed by atoms with Gasteiger partial charge in [-0.1, -0.05) is 63.4 Å². The van der Waals surface area contributed by atoms with Crippen LogP contribution in [0.15, 0.2) is 0 Å². The second-order valence-corrected chi connectivity index (χ2v) is 9.79. The molecule has 2 aliphatic rings. The van der Waals surface area contributed by atoms with E-state index in [1.165, 1.54) is 69.3 Å². The molecule has 2 aliphatic carbocycles. The van der Waals surface area contributed by atoms with Gasteiger partial charge in [0.25, 0.3) is 0 Å². The molecule has 0 bridgehead atoms. The van der Waals surface area contributed by atoms with Crippen LogP contribution in [-0.2, 0) is 0 Å². The summed E-state index contributed by atoms with van der Waals surface area (Å²) in [5.41, 5.74) is 0. The predicted octanol–water partition coefficient (Wildman–Crippen LogP) is 6.33. The zero-order valence-corrected chi connectivity index (χ0v) is 17.4. The fourth-order valence-corrected chi connectivity index (χ4v) is 6.82. The molecule has 0 saturated heterocycles. The molecule has 0 N–H and O–H groups in total. The van der Waals surface area contributed by atoms with Crippen LogP contribution in [0.4, 0.5) is 0 Å². The van der Waals surface area contributed by atoms with E-state index < -0.39 is 0 Å². The summed E-state index contributed by atoms with van der Waals surface area (Å²) < 4.78 is 5.51. The Morgan fingerprint density at radius 1 is 0.739 bits per heavy atom. The minimum atomic E-state index is 0.715. The molecule has 2 saturated carbocycles. The second-order valence-electron chi connectivity index (χ2n) is 7.49. The monoisotopic (exact) mass is 358 g/mol. The van der Waals surface area contributed by atoms with Crippen LogP contribution in [0.2, 0.25) is 0 Å². The lowest BCUT2D eigenvalue weighted by atomic mass is 10.2. The van der Waals surface area contributed by atoms with Gasteiger partial charge in [0.05, 0.1) is 5.08 Å². The van der Waals surface area contributed by atoms with E-state index in [9.17, 15) is 0 Å². The predicted molar refractivity (Wildman–Crippen MR) is 108 cm³/mol. The zero-order valence-electron chi connectivity index (χ0n) is 15.8. The highest BCUT2D eigenvalue weighted by atomic mass is 32.2. The van der Waals surface area contributed by atoms with Crippen molar-refractivity contribution >= 4 is 23.9 Å². The standard InChI is InChI=1S/C19H38N2S2/c1-5-16(3)20(18-11-7-8-12-18)22-15-23-21(17(4)6-2)19-13-9-10-14-19/h16-19H,5-15H2,1-4H3. The maximum Gasteiger partial charge on any atom is 0.0687 e. The van der Waals surface area contributed by atoms with Crippen LogP contribution >= 0.6 is 23.9 Å². The summed E-state index contributed by atoms with van der Waals surface area (Å²) in [5, 5.41) is 1.20. The highest BCUT2D eigenvalue weighted by Gasteiger charge is 2.29. The number of hydrogen-bond acceptors (Lipinski definition) is 4. The summed E-state index contributed by atoms with van der Waals surface area (Å²) in [7, 11) is 0. The van der Waals surface area contributed by atoms with E-state index in [1.807, 2.05) is 0 Å². The van der Waals surface area contributed by atoms with Crippen LogP contribution < -0.4 is 0 Å². The van der Waals surface area contributed by atoms with Crippen molar-refractivity contribution in [1.82, 2.24) is 8.61 Å². The molecule has 0 heterocycles. The Morgan fingerprint density at radius 2 is 1.09 bits per heavy atom. The van der Waals surface area contributed by atoms with Crippen molar-refractivity contribution < 1.29 is 0 Å². The van der Waals surface area contributed by atoms with Crippen molar-refractivity contribution in [2.45, 2.75) is 116 Å². The van der Waals surface area contributed by atoms with Crippen molar-refractivity contribution in [2.24, 2.45) is 0 Å². The summed E-state index contributed by atoms with van der Waals surface area (Å²) in [5.74, 6) is 0. The van der Waals surface area contributed by atoms with Crippen molar-refractivity contribution in [1.29, 1.82) is 0 Å². The summed E-state index contributed by atoms with van der Waals surface area (Å²) in [6.45, 7) is 9.51. The fraction of sp³-hybridized carbons (Fsp3) is 1.00. The summed E-state index contributed by atoms with van der Waals surface area (Å²) in [6, 6.07) is 3.10. The molecule has 2 unspecified atom stereocenters. The van der Waals surface area contributed by atoms with Crippen molar-refractivity contribution in [2.75, 3.05) is 5.08 Å². The van der Waals surface area contributed by atoms with Crippen LogP contribution in [0.5, 0.6) is 0 Å². The molecule has 2 rings (SSSR count). The molecule has 0 aromatic heterocycles. The quantitative estimate of drug-likeness (QED) is 0.332. The Bertz CT molecular complexity index is 284. The maximum atomic E-state index is 2.75. The molecule has 0 spiro atoms. The molecule has 0 aliphatic heterocycles. The zero-order chi connectivity index (χ0) is 16.7. The van der Waals surface area contributed by atoms with Gasteiger partial charge in [-0.3, -0.25) is 0 Å². The molecule has 2 atom stereocenters. The van der Waals surface area contributed by atoms with Gasteiger partial charge in [-0.2, -0.15) is 0 Å². The number of rotatable bonds is 10.